The summed E-state index contributed by atoms with van der Waals surface area (Å²) >= 11 is 0. The Bertz CT molecular complexity index is 519. The normalized spacial score (nSPS) is 26.7. The van der Waals surface area contributed by atoms with E-state index >= 15 is 0 Å². The minimum atomic E-state index is -0.428. The lowest BCUT2D eigenvalue weighted by molar-refractivity contribution is 0.00578. The highest BCUT2D eigenvalue weighted by Gasteiger charge is 2.52. The first-order chi connectivity index (χ1) is 10.3. The van der Waals surface area contributed by atoms with Crippen molar-refractivity contribution in [1.82, 2.24) is 9.97 Å². The first-order valence-electron chi connectivity index (χ1n) is 7.86. The van der Waals surface area contributed by atoms with Crippen LogP contribution in [-0.2, 0) is 9.31 Å². The van der Waals surface area contributed by atoms with E-state index < -0.39 is 7.12 Å². The molecular weight excluding hydrogens is 281 g/mol. The number of hydrogen-bond acceptors (Lipinski definition) is 6. The van der Waals surface area contributed by atoms with E-state index in [9.17, 15) is 5.11 Å². The van der Waals surface area contributed by atoms with E-state index in [1.54, 1.807) is 12.4 Å². The van der Waals surface area contributed by atoms with Crippen molar-refractivity contribution >= 4 is 18.5 Å². The van der Waals surface area contributed by atoms with Gasteiger partial charge < -0.3 is 19.3 Å². The molecule has 2 aliphatic rings. The maximum Gasteiger partial charge on any atom is 0.498 e. The van der Waals surface area contributed by atoms with Gasteiger partial charge in [0.1, 0.15) is 0 Å². The van der Waals surface area contributed by atoms with Gasteiger partial charge in [0, 0.05) is 43.5 Å². The first-order valence-corrected chi connectivity index (χ1v) is 7.86. The van der Waals surface area contributed by atoms with Gasteiger partial charge in [0.25, 0.3) is 0 Å². The highest BCUT2D eigenvalue weighted by atomic mass is 16.7. The summed E-state index contributed by atoms with van der Waals surface area (Å²) in [7, 11) is -0.428. The van der Waals surface area contributed by atoms with Crippen LogP contribution in [0.3, 0.4) is 0 Å². The Hall–Kier alpha value is -1.18. The third-order valence-electron chi connectivity index (χ3n) is 5.01. The van der Waals surface area contributed by atoms with E-state index in [0.717, 1.165) is 25.0 Å². The molecule has 2 saturated heterocycles. The SMILES string of the molecule is CC1(C)OB(c2cnc(N3CC[C@H](CO)C3)nc2)OC1(C)C. The standard InChI is InChI=1S/C15H24BN3O3/c1-14(2)15(3,4)22-16(21-14)12-7-17-13(18-8-12)19-6-5-11(9-19)10-20/h7-8,11,20H,5-6,9-10H2,1-4H3/t11-/m0/s1. The molecule has 0 aliphatic carbocycles. The molecule has 0 saturated carbocycles. The van der Waals surface area contributed by atoms with Crippen molar-refractivity contribution in [3.8, 4) is 0 Å². The summed E-state index contributed by atoms with van der Waals surface area (Å²) in [6.07, 6.45) is 4.53. The fourth-order valence-corrected chi connectivity index (χ4v) is 2.76. The molecule has 22 heavy (non-hydrogen) atoms. The molecule has 2 aliphatic heterocycles. The van der Waals surface area contributed by atoms with Crippen molar-refractivity contribution in [2.24, 2.45) is 5.92 Å². The Morgan fingerprint density at radius 1 is 1.23 bits per heavy atom. The van der Waals surface area contributed by atoms with Crippen LogP contribution in [0.4, 0.5) is 5.95 Å². The third-order valence-corrected chi connectivity index (χ3v) is 5.01. The number of anilines is 1. The van der Waals surface area contributed by atoms with Gasteiger partial charge in [-0.05, 0) is 34.1 Å². The molecule has 0 aromatic carbocycles. The molecule has 3 heterocycles. The summed E-state index contributed by atoms with van der Waals surface area (Å²) < 4.78 is 12.0. The molecule has 0 radical (unpaired) electrons. The molecule has 1 aromatic heterocycles. The molecule has 0 spiro atoms. The highest BCUT2D eigenvalue weighted by Crippen LogP contribution is 2.36. The Morgan fingerprint density at radius 3 is 2.32 bits per heavy atom. The smallest absolute Gasteiger partial charge is 0.399 e. The van der Waals surface area contributed by atoms with E-state index in [0.29, 0.717) is 11.9 Å². The van der Waals surface area contributed by atoms with E-state index in [1.165, 1.54) is 0 Å². The quantitative estimate of drug-likeness (QED) is 0.825. The minimum absolute atomic E-state index is 0.225. The van der Waals surface area contributed by atoms with Crippen molar-refractivity contribution in [2.45, 2.75) is 45.3 Å². The van der Waals surface area contributed by atoms with Crippen molar-refractivity contribution in [2.75, 3.05) is 24.6 Å². The molecule has 0 amide bonds. The van der Waals surface area contributed by atoms with E-state index in [4.69, 9.17) is 9.31 Å². The molecule has 7 heteroatoms. The minimum Gasteiger partial charge on any atom is -0.399 e. The average Bonchev–Trinajstić information content (AvgIpc) is 3.02. The Labute approximate surface area is 132 Å². The van der Waals surface area contributed by atoms with E-state index in [-0.39, 0.29) is 17.8 Å². The average molecular weight is 305 g/mol. The van der Waals surface area contributed by atoms with Gasteiger partial charge in [-0.15, -0.1) is 0 Å². The Morgan fingerprint density at radius 2 is 1.82 bits per heavy atom. The largest absolute Gasteiger partial charge is 0.498 e. The predicted molar refractivity (Wildman–Crippen MR) is 85.2 cm³/mol. The lowest BCUT2D eigenvalue weighted by atomic mass is 9.81. The van der Waals surface area contributed by atoms with Gasteiger partial charge in [0.2, 0.25) is 5.95 Å². The number of aliphatic hydroxyl groups is 1. The highest BCUT2D eigenvalue weighted by molar-refractivity contribution is 6.61. The maximum atomic E-state index is 9.22. The van der Waals surface area contributed by atoms with Gasteiger partial charge in [-0.1, -0.05) is 0 Å². The molecule has 6 nitrogen and oxygen atoms in total. The summed E-state index contributed by atoms with van der Waals surface area (Å²) in [6.45, 7) is 10.0. The third kappa shape index (κ3) is 2.73. The van der Waals surface area contributed by atoms with E-state index in [2.05, 4.69) is 14.9 Å². The van der Waals surface area contributed by atoms with Gasteiger partial charge in [-0.3, -0.25) is 0 Å². The lowest BCUT2D eigenvalue weighted by Gasteiger charge is -2.32. The number of aliphatic hydroxyl groups excluding tert-OH is 1. The van der Waals surface area contributed by atoms with E-state index in [1.807, 2.05) is 27.7 Å². The lowest BCUT2D eigenvalue weighted by Crippen LogP contribution is -2.41. The second-order valence-corrected chi connectivity index (χ2v) is 7.19. The van der Waals surface area contributed by atoms with Crippen LogP contribution >= 0.6 is 0 Å². The van der Waals surface area contributed by atoms with Crippen LogP contribution in [0, 0.1) is 5.92 Å². The summed E-state index contributed by atoms with van der Waals surface area (Å²) in [5.74, 6) is 1.03. The molecule has 1 aromatic rings. The molecule has 0 unspecified atom stereocenters. The predicted octanol–water partition coefficient (Wildman–Crippen LogP) is 0.594. The Kier molecular flexibility index (Phi) is 3.91. The van der Waals surface area contributed by atoms with Crippen LogP contribution in [-0.4, -0.2) is 53.1 Å². The molecule has 2 fully saturated rings. The van der Waals surface area contributed by atoms with Gasteiger partial charge in [0.15, 0.2) is 0 Å². The zero-order chi connectivity index (χ0) is 16.0. The molecule has 3 rings (SSSR count). The van der Waals surface area contributed by atoms with Gasteiger partial charge in [-0.25, -0.2) is 9.97 Å². The van der Waals surface area contributed by atoms with Crippen molar-refractivity contribution in [3.05, 3.63) is 12.4 Å². The van der Waals surface area contributed by atoms with Gasteiger partial charge >= 0.3 is 7.12 Å². The number of nitrogens with zero attached hydrogens (tertiary/aromatic N) is 3. The first kappa shape index (κ1) is 15.7. The van der Waals surface area contributed by atoms with Crippen molar-refractivity contribution < 1.29 is 14.4 Å². The van der Waals surface area contributed by atoms with Crippen LogP contribution in [0.5, 0.6) is 0 Å². The molecule has 1 N–H and O–H groups in total. The monoisotopic (exact) mass is 305 g/mol. The second-order valence-electron chi connectivity index (χ2n) is 7.19. The van der Waals surface area contributed by atoms with Crippen LogP contribution in [0.1, 0.15) is 34.1 Å². The number of aromatic nitrogens is 2. The van der Waals surface area contributed by atoms with Crippen molar-refractivity contribution in [1.29, 1.82) is 0 Å². The van der Waals surface area contributed by atoms with Crippen LogP contribution in [0.15, 0.2) is 12.4 Å². The summed E-state index contributed by atoms with van der Waals surface area (Å²) in [4.78, 5) is 11.0. The topological polar surface area (TPSA) is 67.7 Å². The van der Waals surface area contributed by atoms with Crippen molar-refractivity contribution in [3.63, 3.8) is 0 Å². The fourth-order valence-electron chi connectivity index (χ4n) is 2.76. The number of rotatable bonds is 3. The zero-order valence-electron chi connectivity index (χ0n) is 13.7. The van der Waals surface area contributed by atoms with Crippen LogP contribution in [0.2, 0.25) is 0 Å². The van der Waals surface area contributed by atoms with Gasteiger partial charge in [-0.2, -0.15) is 0 Å². The fraction of sp³-hybridized carbons (Fsp3) is 0.733. The zero-order valence-corrected chi connectivity index (χ0v) is 13.7. The van der Waals surface area contributed by atoms with Crippen LogP contribution < -0.4 is 10.4 Å². The molecule has 0 bridgehead atoms. The van der Waals surface area contributed by atoms with Crippen LogP contribution in [0.25, 0.3) is 0 Å². The maximum absolute atomic E-state index is 9.22. The molecule has 1 atom stereocenters. The number of hydrogen-bond donors (Lipinski definition) is 1. The Balaban J connectivity index is 1.71. The molecular formula is C15H24BN3O3. The summed E-state index contributed by atoms with van der Waals surface area (Å²) in [6, 6.07) is 0. The van der Waals surface area contributed by atoms with Gasteiger partial charge in [0.05, 0.1) is 11.2 Å². The summed E-state index contributed by atoms with van der Waals surface area (Å²) in [5, 5.41) is 9.22. The second kappa shape index (κ2) is 5.47. The molecule has 120 valence electrons. The summed E-state index contributed by atoms with van der Waals surface area (Å²) in [5.41, 5.74) is 0.111.